The zero-order valence-electron chi connectivity index (χ0n) is 11.1. The van der Waals surface area contributed by atoms with Gasteiger partial charge in [-0.3, -0.25) is 4.79 Å². The second kappa shape index (κ2) is 5.41. The predicted molar refractivity (Wildman–Crippen MR) is 72.2 cm³/mol. The Morgan fingerprint density at radius 1 is 1.35 bits per heavy atom. The lowest BCUT2D eigenvalue weighted by molar-refractivity contribution is -0.147. The summed E-state index contributed by atoms with van der Waals surface area (Å²) in [5.74, 6) is -0.554. The number of aliphatic carboxylic acids is 1. The van der Waals surface area contributed by atoms with Crippen LogP contribution in [0, 0.1) is 0 Å². The Kier molecular flexibility index (Phi) is 4.01. The molecule has 0 bridgehead atoms. The fraction of sp³-hybridized carbons (Fsp3) is 0.462. The molecular weight excluding hydrogens is 282 g/mol. The second-order valence-corrected chi connectivity index (χ2v) is 6.43. The summed E-state index contributed by atoms with van der Waals surface area (Å²) in [6, 6.07) is 5.90. The molecule has 0 saturated heterocycles. The molecule has 1 fully saturated rings. The van der Waals surface area contributed by atoms with Crippen molar-refractivity contribution in [2.75, 3.05) is 6.61 Å². The fourth-order valence-corrected chi connectivity index (χ4v) is 3.51. The van der Waals surface area contributed by atoms with Crippen molar-refractivity contribution in [1.29, 1.82) is 0 Å². The van der Waals surface area contributed by atoms with E-state index in [9.17, 15) is 13.2 Å². The normalized spacial score (nSPS) is 17.2. The molecule has 7 heteroatoms. The molecule has 110 valence electrons. The van der Waals surface area contributed by atoms with E-state index in [0.717, 1.165) is 0 Å². The third kappa shape index (κ3) is 2.78. The smallest absolute Gasteiger partial charge is 0.324 e. The Bertz CT molecular complexity index is 590. The van der Waals surface area contributed by atoms with Gasteiger partial charge in [-0.2, -0.15) is 4.72 Å². The number of sulfonamides is 1. The van der Waals surface area contributed by atoms with E-state index in [0.29, 0.717) is 31.6 Å². The Balaban J connectivity index is 2.20. The van der Waals surface area contributed by atoms with Crippen LogP contribution in [-0.2, 0) is 14.8 Å². The first kappa shape index (κ1) is 14.8. The number of rotatable bonds is 6. The van der Waals surface area contributed by atoms with Crippen molar-refractivity contribution >= 4 is 16.0 Å². The third-order valence-electron chi connectivity index (χ3n) is 3.39. The summed E-state index contributed by atoms with van der Waals surface area (Å²) in [5.41, 5.74) is -1.35. The molecule has 6 nitrogen and oxygen atoms in total. The van der Waals surface area contributed by atoms with Gasteiger partial charge in [0.1, 0.15) is 11.3 Å². The van der Waals surface area contributed by atoms with Gasteiger partial charge in [-0.05, 0) is 50.5 Å². The van der Waals surface area contributed by atoms with E-state index >= 15 is 0 Å². The summed E-state index contributed by atoms with van der Waals surface area (Å²) in [7, 11) is -3.84. The molecule has 0 heterocycles. The number of ether oxygens (including phenoxy) is 1. The fourth-order valence-electron chi connectivity index (χ4n) is 2.09. The maximum Gasteiger partial charge on any atom is 0.324 e. The van der Waals surface area contributed by atoms with Crippen LogP contribution in [0.4, 0.5) is 0 Å². The molecule has 2 rings (SSSR count). The van der Waals surface area contributed by atoms with E-state index in [1.54, 1.807) is 12.1 Å². The van der Waals surface area contributed by atoms with Crippen LogP contribution in [0.3, 0.4) is 0 Å². The molecule has 0 spiro atoms. The van der Waals surface area contributed by atoms with Crippen molar-refractivity contribution in [1.82, 2.24) is 4.72 Å². The standard InChI is InChI=1S/C13H17NO5S/c1-2-19-10-4-6-11(7-5-10)20(17,18)14-13(12(15)16)8-3-9-13/h4-7,14H,2-3,8-9H2,1H3,(H,15,16). The first-order valence-electron chi connectivity index (χ1n) is 6.40. The van der Waals surface area contributed by atoms with Crippen LogP contribution in [0.5, 0.6) is 5.75 Å². The number of carboxylic acids is 1. The van der Waals surface area contributed by atoms with Crippen molar-refractivity contribution in [2.45, 2.75) is 36.6 Å². The van der Waals surface area contributed by atoms with Crippen molar-refractivity contribution in [3.8, 4) is 5.75 Å². The molecule has 0 unspecified atom stereocenters. The highest BCUT2D eigenvalue weighted by molar-refractivity contribution is 7.89. The van der Waals surface area contributed by atoms with E-state index in [4.69, 9.17) is 9.84 Å². The minimum Gasteiger partial charge on any atom is -0.494 e. The summed E-state index contributed by atoms with van der Waals surface area (Å²) in [5, 5.41) is 9.16. The Morgan fingerprint density at radius 2 is 1.95 bits per heavy atom. The third-order valence-corrected chi connectivity index (χ3v) is 4.94. The molecule has 1 saturated carbocycles. The number of benzene rings is 1. The quantitative estimate of drug-likeness (QED) is 0.827. The van der Waals surface area contributed by atoms with Crippen LogP contribution in [-0.4, -0.2) is 31.6 Å². The number of carboxylic acid groups (broad SMARTS) is 1. The monoisotopic (exact) mass is 299 g/mol. The van der Waals surface area contributed by atoms with Crippen LogP contribution in [0.2, 0.25) is 0 Å². The van der Waals surface area contributed by atoms with Crippen molar-refractivity contribution in [3.05, 3.63) is 24.3 Å². The van der Waals surface area contributed by atoms with Gasteiger partial charge in [-0.25, -0.2) is 8.42 Å². The van der Waals surface area contributed by atoms with E-state index in [1.807, 2.05) is 6.92 Å². The largest absolute Gasteiger partial charge is 0.494 e. The summed E-state index contributed by atoms with van der Waals surface area (Å²) in [6.45, 7) is 2.33. The lowest BCUT2D eigenvalue weighted by Gasteiger charge is -2.37. The average molecular weight is 299 g/mol. The Labute approximate surface area is 117 Å². The maximum atomic E-state index is 12.2. The van der Waals surface area contributed by atoms with Gasteiger partial charge in [0.05, 0.1) is 11.5 Å². The minimum atomic E-state index is -3.84. The van der Waals surface area contributed by atoms with Gasteiger partial charge in [0.2, 0.25) is 10.0 Å². The molecular formula is C13H17NO5S. The number of hydrogen-bond donors (Lipinski definition) is 2. The first-order chi connectivity index (χ1) is 9.39. The summed E-state index contributed by atoms with van der Waals surface area (Å²) >= 11 is 0. The van der Waals surface area contributed by atoms with Crippen molar-refractivity contribution in [3.63, 3.8) is 0 Å². The molecule has 0 amide bonds. The lowest BCUT2D eigenvalue weighted by Crippen LogP contribution is -2.58. The zero-order valence-corrected chi connectivity index (χ0v) is 11.9. The van der Waals surface area contributed by atoms with Gasteiger partial charge < -0.3 is 9.84 Å². The van der Waals surface area contributed by atoms with Gasteiger partial charge in [0.25, 0.3) is 0 Å². The molecule has 0 radical (unpaired) electrons. The van der Waals surface area contributed by atoms with E-state index in [2.05, 4.69) is 4.72 Å². The molecule has 1 aromatic carbocycles. The highest BCUT2D eigenvalue weighted by Crippen LogP contribution is 2.33. The van der Waals surface area contributed by atoms with Crippen LogP contribution < -0.4 is 9.46 Å². The van der Waals surface area contributed by atoms with E-state index in [1.165, 1.54) is 12.1 Å². The number of nitrogens with one attached hydrogen (secondary N) is 1. The minimum absolute atomic E-state index is 0.0356. The SMILES string of the molecule is CCOc1ccc(S(=O)(=O)NC2(C(=O)O)CCC2)cc1. The highest BCUT2D eigenvalue weighted by atomic mass is 32.2. The molecule has 0 aromatic heterocycles. The summed E-state index contributed by atoms with van der Waals surface area (Å²) in [4.78, 5) is 11.2. The van der Waals surface area contributed by atoms with E-state index < -0.39 is 21.5 Å². The predicted octanol–water partition coefficient (Wildman–Crippen LogP) is 1.37. The summed E-state index contributed by atoms with van der Waals surface area (Å²) < 4.78 is 31.9. The van der Waals surface area contributed by atoms with Gasteiger partial charge in [0, 0.05) is 0 Å². The molecule has 1 aliphatic rings. The van der Waals surface area contributed by atoms with Crippen molar-refractivity contribution < 1.29 is 23.1 Å². The van der Waals surface area contributed by atoms with Gasteiger partial charge >= 0.3 is 5.97 Å². The Hall–Kier alpha value is -1.60. The number of hydrogen-bond acceptors (Lipinski definition) is 4. The van der Waals surface area contributed by atoms with Gasteiger partial charge in [-0.15, -0.1) is 0 Å². The molecule has 0 aliphatic heterocycles. The lowest BCUT2D eigenvalue weighted by atomic mass is 9.78. The molecule has 1 aliphatic carbocycles. The summed E-state index contributed by atoms with van der Waals surface area (Å²) in [6.07, 6.45) is 1.34. The van der Waals surface area contributed by atoms with E-state index in [-0.39, 0.29) is 4.90 Å². The molecule has 1 aromatic rings. The van der Waals surface area contributed by atoms with Crippen LogP contribution >= 0.6 is 0 Å². The van der Waals surface area contributed by atoms with Crippen LogP contribution in [0.25, 0.3) is 0 Å². The average Bonchev–Trinajstić information content (AvgIpc) is 2.34. The number of carbonyl (C=O) groups is 1. The molecule has 20 heavy (non-hydrogen) atoms. The maximum absolute atomic E-state index is 12.2. The van der Waals surface area contributed by atoms with Crippen molar-refractivity contribution in [2.24, 2.45) is 0 Å². The first-order valence-corrected chi connectivity index (χ1v) is 7.88. The van der Waals surface area contributed by atoms with Crippen LogP contribution in [0.1, 0.15) is 26.2 Å². The van der Waals surface area contributed by atoms with Gasteiger partial charge in [0.15, 0.2) is 0 Å². The van der Waals surface area contributed by atoms with Gasteiger partial charge in [-0.1, -0.05) is 0 Å². The topological polar surface area (TPSA) is 92.7 Å². The highest BCUT2D eigenvalue weighted by Gasteiger charge is 2.47. The second-order valence-electron chi connectivity index (χ2n) is 4.75. The molecule has 0 atom stereocenters. The van der Waals surface area contributed by atoms with Crippen LogP contribution in [0.15, 0.2) is 29.2 Å². The zero-order chi connectivity index (χ0) is 14.8. The molecule has 2 N–H and O–H groups in total. The Morgan fingerprint density at radius 3 is 2.35 bits per heavy atom.